The van der Waals surface area contributed by atoms with Crippen LogP contribution in [0.2, 0.25) is 0 Å². The van der Waals surface area contributed by atoms with Crippen molar-refractivity contribution in [2.75, 3.05) is 23.3 Å². The second-order valence-corrected chi connectivity index (χ2v) is 10.0. The number of carbonyl (C=O) groups is 2. The Morgan fingerprint density at radius 1 is 1.03 bits per heavy atom. The van der Waals surface area contributed by atoms with Gasteiger partial charge in [0, 0.05) is 24.9 Å². The second-order valence-electron chi connectivity index (χ2n) is 10.0. The van der Waals surface area contributed by atoms with E-state index in [4.69, 9.17) is 0 Å². The largest absolute Gasteiger partial charge is 0.481 e. The van der Waals surface area contributed by atoms with Gasteiger partial charge in [0.15, 0.2) is 0 Å². The Morgan fingerprint density at radius 2 is 1.68 bits per heavy atom. The molecule has 0 aliphatic carbocycles. The fraction of sp³-hybridized carbons (Fsp3) is 0.692. The third-order valence-electron chi connectivity index (χ3n) is 6.49. The SMILES string of the molecule is CCCCCCCCN1CCc2c(C)c(CCC(=O)O)c(C)c(NC(=O)C(C)(C)C)c21. The van der Waals surface area contributed by atoms with Gasteiger partial charge < -0.3 is 15.3 Å². The van der Waals surface area contributed by atoms with Gasteiger partial charge in [-0.25, -0.2) is 0 Å². The van der Waals surface area contributed by atoms with E-state index in [1.807, 2.05) is 27.7 Å². The van der Waals surface area contributed by atoms with Crippen LogP contribution >= 0.6 is 0 Å². The molecule has 0 saturated carbocycles. The van der Waals surface area contributed by atoms with E-state index in [1.54, 1.807) is 0 Å². The molecule has 0 saturated heterocycles. The van der Waals surface area contributed by atoms with Gasteiger partial charge in [0.1, 0.15) is 0 Å². The number of carbonyl (C=O) groups excluding carboxylic acids is 1. The van der Waals surface area contributed by atoms with Crippen LogP contribution in [-0.4, -0.2) is 30.1 Å². The molecule has 5 heteroatoms. The van der Waals surface area contributed by atoms with Crippen molar-refractivity contribution in [3.8, 4) is 0 Å². The number of anilines is 2. The summed E-state index contributed by atoms with van der Waals surface area (Å²) < 4.78 is 0. The smallest absolute Gasteiger partial charge is 0.303 e. The number of hydrogen-bond acceptors (Lipinski definition) is 3. The fourth-order valence-electron chi connectivity index (χ4n) is 4.50. The first kappa shape index (κ1) is 25.2. The fourth-order valence-corrected chi connectivity index (χ4v) is 4.50. The Morgan fingerprint density at radius 3 is 2.29 bits per heavy atom. The van der Waals surface area contributed by atoms with Crippen molar-refractivity contribution in [2.45, 2.75) is 99.3 Å². The number of carboxylic acids is 1. The molecule has 174 valence electrons. The molecule has 2 rings (SSSR count). The van der Waals surface area contributed by atoms with E-state index in [9.17, 15) is 14.7 Å². The summed E-state index contributed by atoms with van der Waals surface area (Å²) in [5, 5.41) is 12.4. The molecular weight excluding hydrogens is 388 g/mol. The molecule has 5 nitrogen and oxygen atoms in total. The average Bonchev–Trinajstić information content (AvgIpc) is 3.10. The van der Waals surface area contributed by atoms with Crippen LogP contribution < -0.4 is 10.2 Å². The predicted molar refractivity (Wildman–Crippen MR) is 129 cm³/mol. The Bertz CT molecular complexity index is 793. The Kier molecular flexibility index (Phi) is 8.96. The molecule has 1 aromatic carbocycles. The van der Waals surface area contributed by atoms with Gasteiger partial charge in [-0.2, -0.15) is 0 Å². The first-order valence-corrected chi connectivity index (χ1v) is 12.0. The predicted octanol–water partition coefficient (Wildman–Crippen LogP) is 6.03. The van der Waals surface area contributed by atoms with Crippen LogP contribution in [0.5, 0.6) is 0 Å². The Hall–Kier alpha value is -2.04. The normalized spacial score (nSPS) is 13.4. The molecule has 0 bridgehead atoms. The van der Waals surface area contributed by atoms with Crippen LogP contribution in [0.25, 0.3) is 0 Å². The van der Waals surface area contributed by atoms with Crippen LogP contribution in [0.15, 0.2) is 0 Å². The molecule has 0 atom stereocenters. The molecule has 1 aliphatic rings. The van der Waals surface area contributed by atoms with Gasteiger partial charge in [-0.1, -0.05) is 59.8 Å². The van der Waals surface area contributed by atoms with Crippen molar-refractivity contribution < 1.29 is 14.7 Å². The second kappa shape index (κ2) is 11.0. The lowest BCUT2D eigenvalue weighted by Gasteiger charge is -2.28. The third-order valence-corrected chi connectivity index (χ3v) is 6.49. The van der Waals surface area contributed by atoms with E-state index >= 15 is 0 Å². The summed E-state index contributed by atoms with van der Waals surface area (Å²) in [6.07, 6.45) is 9.13. The molecule has 1 heterocycles. The molecule has 0 unspecified atom stereocenters. The number of hydrogen-bond donors (Lipinski definition) is 2. The van der Waals surface area contributed by atoms with Crippen molar-refractivity contribution in [1.82, 2.24) is 0 Å². The summed E-state index contributed by atoms with van der Waals surface area (Å²) in [4.78, 5) is 26.5. The number of nitrogens with zero attached hydrogens (tertiary/aromatic N) is 1. The highest BCUT2D eigenvalue weighted by Crippen LogP contribution is 2.43. The summed E-state index contributed by atoms with van der Waals surface area (Å²) in [5.74, 6) is -0.790. The van der Waals surface area contributed by atoms with Crippen LogP contribution in [0.3, 0.4) is 0 Å². The van der Waals surface area contributed by atoms with Crippen molar-refractivity contribution in [3.63, 3.8) is 0 Å². The zero-order valence-corrected chi connectivity index (χ0v) is 20.5. The highest BCUT2D eigenvalue weighted by Gasteiger charge is 2.31. The quantitative estimate of drug-likeness (QED) is 0.421. The number of carboxylic acid groups (broad SMARTS) is 1. The lowest BCUT2D eigenvalue weighted by molar-refractivity contribution is -0.137. The molecule has 1 aromatic rings. The zero-order chi connectivity index (χ0) is 23.2. The number of rotatable bonds is 11. The molecule has 0 spiro atoms. The number of fused-ring (bicyclic) bond motifs is 1. The number of nitrogens with one attached hydrogen (secondary N) is 1. The van der Waals surface area contributed by atoms with E-state index in [2.05, 4.69) is 24.1 Å². The van der Waals surface area contributed by atoms with E-state index < -0.39 is 11.4 Å². The lowest BCUT2D eigenvalue weighted by atomic mass is 9.90. The van der Waals surface area contributed by atoms with Gasteiger partial charge in [-0.15, -0.1) is 0 Å². The van der Waals surface area contributed by atoms with Crippen LogP contribution in [-0.2, 0) is 22.4 Å². The summed E-state index contributed by atoms with van der Waals surface area (Å²) in [6, 6.07) is 0. The Balaban J connectivity index is 2.34. The van der Waals surface area contributed by atoms with Crippen LogP contribution in [0, 0.1) is 19.3 Å². The Labute approximate surface area is 188 Å². The average molecular weight is 431 g/mol. The first-order chi connectivity index (χ1) is 14.6. The zero-order valence-electron chi connectivity index (χ0n) is 20.5. The molecule has 0 radical (unpaired) electrons. The van der Waals surface area contributed by atoms with E-state index in [1.165, 1.54) is 48.9 Å². The monoisotopic (exact) mass is 430 g/mol. The standard InChI is InChI=1S/C26H42N2O3/c1-7-8-9-10-11-12-16-28-17-15-21-18(2)20(13-14-22(29)30)19(3)23(24(21)28)27-25(31)26(4,5)6/h7-17H2,1-6H3,(H,27,31)(H,29,30). The van der Waals surface area contributed by atoms with Gasteiger partial charge in [-0.05, 0) is 55.4 Å². The molecule has 31 heavy (non-hydrogen) atoms. The van der Waals surface area contributed by atoms with E-state index in [0.717, 1.165) is 42.7 Å². The first-order valence-electron chi connectivity index (χ1n) is 12.0. The molecule has 1 aliphatic heterocycles. The summed E-state index contributed by atoms with van der Waals surface area (Å²) in [5.41, 5.74) is 6.14. The van der Waals surface area contributed by atoms with Crippen molar-refractivity contribution in [3.05, 3.63) is 22.3 Å². The lowest BCUT2D eigenvalue weighted by Crippen LogP contribution is -2.30. The highest BCUT2D eigenvalue weighted by atomic mass is 16.4. The van der Waals surface area contributed by atoms with Crippen molar-refractivity contribution in [2.24, 2.45) is 5.41 Å². The van der Waals surface area contributed by atoms with Crippen LogP contribution in [0.4, 0.5) is 11.4 Å². The van der Waals surface area contributed by atoms with Gasteiger partial charge in [0.2, 0.25) is 5.91 Å². The van der Waals surface area contributed by atoms with Crippen molar-refractivity contribution in [1.29, 1.82) is 0 Å². The minimum absolute atomic E-state index is 0.00254. The van der Waals surface area contributed by atoms with Gasteiger partial charge >= 0.3 is 5.97 Å². The van der Waals surface area contributed by atoms with Crippen LogP contribution in [0.1, 0.15) is 94.9 Å². The minimum Gasteiger partial charge on any atom is -0.481 e. The van der Waals surface area contributed by atoms with E-state index in [-0.39, 0.29) is 12.3 Å². The number of amides is 1. The van der Waals surface area contributed by atoms with Gasteiger partial charge in [0.05, 0.1) is 11.4 Å². The third kappa shape index (κ3) is 6.47. The molecule has 0 aromatic heterocycles. The maximum atomic E-state index is 12.9. The van der Waals surface area contributed by atoms with Gasteiger partial charge in [-0.3, -0.25) is 9.59 Å². The maximum absolute atomic E-state index is 12.9. The summed E-state index contributed by atoms with van der Waals surface area (Å²) in [6.45, 7) is 14.1. The number of unbranched alkanes of at least 4 members (excludes halogenated alkanes) is 5. The molecule has 2 N–H and O–H groups in total. The summed E-state index contributed by atoms with van der Waals surface area (Å²) >= 11 is 0. The summed E-state index contributed by atoms with van der Waals surface area (Å²) in [7, 11) is 0. The molecule has 1 amide bonds. The van der Waals surface area contributed by atoms with E-state index in [0.29, 0.717) is 6.42 Å². The topological polar surface area (TPSA) is 69.6 Å². The van der Waals surface area contributed by atoms with Gasteiger partial charge in [0.25, 0.3) is 0 Å². The number of aliphatic carboxylic acids is 1. The molecule has 0 fully saturated rings. The molecular formula is C26H42N2O3. The minimum atomic E-state index is -0.788. The number of benzene rings is 1. The highest BCUT2D eigenvalue weighted by molar-refractivity contribution is 6.00. The maximum Gasteiger partial charge on any atom is 0.303 e. The van der Waals surface area contributed by atoms with Crippen molar-refractivity contribution >= 4 is 23.3 Å².